The van der Waals surface area contributed by atoms with Gasteiger partial charge in [0.15, 0.2) is 5.82 Å². The van der Waals surface area contributed by atoms with Gasteiger partial charge in [0.2, 0.25) is 5.95 Å². The summed E-state index contributed by atoms with van der Waals surface area (Å²) in [7, 11) is 0. The quantitative estimate of drug-likeness (QED) is 0.351. The largest absolute Gasteiger partial charge is 0.394 e. The Morgan fingerprint density at radius 2 is 1.76 bits per heavy atom. The Labute approximate surface area is 166 Å². The number of hydrazine groups is 1. The highest BCUT2D eigenvalue weighted by atomic mass is 19.1. The van der Waals surface area contributed by atoms with Crippen LogP contribution in [0.1, 0.15) is 0 Å². The molecule has 0 aliphatic carbocycles. The van der Waals surface area contributed by atoms with Crippen molar-refractivity contribution in [3.05, 3.63) is 85.1 Å². The topological polar surface area (TPSA) is 106 Å². The number of nitrogens with two attached hydrogens (primary N) is 2. The Kier molecular flexibility index (Phi) is 5.00. The Morgan fingerprint density at radius 3 is 2.55 bits per heavy atom. The molecule has 29 heavy (non-hydrogen) atoms. The first-order valence-corrected chi connectivity index (χ1v) is 8.80. The number of nitrogens with zero attached hydrogens (tertiary/aromatic N) is 4. The SMILES string of the molecule is Nc1cnc(Nc2cccc(-c3cccnc3)c2)nc1N(N)c1cccc(F)c1. The van der Waals surface area contributed by atoms with Gasteiger partial charge in [0.25, 0.3) is 0 Å². The standard InChI is InChI=1S/C21H18FN7/c22-16-6-2-8-18(11-16)29(24)20-19(23)13-26-21(28-20)27-17-7-1-4-14(10-17)15-5-3-9-25-12-15/h1-13H,23-24H2,(H,26,27,28). The third kappa shape index (κ3) is 4.12. The molecule has 0 aliphatic rings. The van der Waals surface area contributed by atoms with E-state index in [0.717, 1.165) is 16.8 Å². The van der Waals surface area contributed by atoms with Crippen molar-refractivity contribution in [1.29, 1.82) is 0 Å². The minimum atomic E-state index is -0.406. The molecule has 0 atom stereocenters. The molecule has 2 heterocycles. The van der Waals surface area contributed by atoms with Crippen LogP contribution in [-0.2, 0) is 0 Å². The van der Waals surface area contributed by atoms with Crippen LogP contribution in [0.4, 0.5) is 33.2 Å². The predicted octanol–water partition coefficient (Wildman–Crippen LogP) is 4.02. The second-order valence-electron chi connectivity index (χ2n) is 6.27. The number of nitrogens with one attached hydrogen (secondary N) is 1. The minimum Gasteiger partial charge on any atom is -0.394 e. The van der Waals surface area contributed by atoms with Crippen molar-refractivity contribution in [3.63, 3.8) is 0 Å². The van der Waals surface area contributed by atoms with Gasteiger partial charge in [-0.05, 0) is 42.0 Å². The van der Waals surface area contributed by atoms with Crippen LogP contribution in [0.3, 0.4) is 0 Å². The van der Waals surface area contributed by atoms with Crippen LogP contribution >= 0.6 is 0 Å². The Balaban J connectivity index is 1.61. The molecule has 0 bridgehead atoms. The van der Waals surface area contributed by atoms with Crippen molar-refractivity contribution in [2.75, 3.05) is 16.1 Å². The Morgan fingerprint density at radius 1 is 0.931 bits per heavy atom. The van der Waals surface area contributed by atoms with Crippen molar-refractivity contribution < 1.29 is 4.39 Å². The zero-order chi connectivity index (χ0) is 20.2. The van der Waals surface area contributed by atoms with Gasteiger partial charge in [0, 0.05) is 23.6 Å². The van der Waals surface area contributed by atoms with Gasteiger partial charge < -0.3 is 11.1 Å². The van der Waals surface area contributed by atoms with E-state index >= 15 is 0 Å². The minimum absolute atomic E-state index is 0.261. The van der Waals surface area contributed by atoms with Crippen molar-refractivity contribution in [1.82, 2.24) is 15.0 Å². The van der Waals surface area contributed by atoms with Crippen molar-refractivity contribution in [3.8, 4) is 11.1 Å². The zero-order valence-electron chi connectivity index (χ0n) is 15.3. The summed E-state index contributed by atoms with van der Waals surface area (Å²) in [5.41, 5.74) is 9.45. The second kappa shape index (κ2) is 7.91. The van der Waals surface area contributed by atoms with E-state index in [-0.39, 0.29) is 11.5 Å². The van der Waals surface area contributed by atoms with Gasteiger partial charge in [0.05, 0.1) is 17.6 Å². The molecule has 2 aromatic heterocycles. The summed E-state index contributed by atoms with van der Waals surface area (Å²) in [6.45, 7) is 0. The van der Waals surface area contributed by atoms with E-state index < -0.39 is 5.82 Å². The average molecular weight is 387 g/mol. The number of pyridine rings is 1. The Bertz CT molecular complexity index is 1130. The summed E-state index contributed by atoms with van der Waals surface area (Å²) in [5.74, 6) is 6.27. The number of rotatable bonds is 5. The van der Waals surface area contributed by atoms with Gasteiger partial charge in [-0.2, -0.15) is 4.98 Å². The van der Waals surface area contributed by atoms with Crippen LogP contribution < -0.4 is 21.9 Å². The van der Waals surface area contributed by atoms with Crippen molar-refractivity contribution >= 4 is 28.8 Å². The summed E-state index contributed by atoms with van der Waals surface area (Å²) in [6.07, 6.45) is 4.98. The van der Waals surface area contributed by atoms with Crippen LogP contribution in [0.2, 0.25) is 0 Å². The number of benzene rings is 2. The first kappa shape index (κ1) is 18.3. The summed E-state index contributed by atoms with van der Waals surface area (Å²) in [4.78, 5) is 12.8. The lowest BCUT2D eigenvalue weighted by Gasteiger charge is -2.20. The van der Waals surface area contributed by atoms with Gasteiger partial charge in [-0.1, -0.05) is 24.3 Å². The molecular weight excluding hydrogens is 369 g/mol. The first-order valence-electron chi connectivity index (χ1n) is 8.80. The maximum atomic E-state index is 13.5. The summed E-state index contributed by atoms with van der Waals surface area (Å²) < 4.78 is 13.5. The molecule has 2 aromatic carbocycles. The van der Waals surface area contributed by atoms with Crippen LogP contribution in [0.15, 0.2) is 79.3 Å². The highest BCUT2D eigenvalue weighted by Gasteiger charge is 2.13. The Hall–Kier alpha value is -4.04. The van der Waals surface area contributed by atoms with Gasteiger partial charge in [-0.15, -0.1) is 0 Å². The number of anilines is 5. The molecule has 144 valence electrons. The average Bonchev–Trinajstić information content (AvgIpc) is 2.75. The van der Waals surface area contributed by atoms with E-state index in [9.17, 15) is 4.39 Å². The predicted molar refractivity (Wildman–Crippen MR) is 112 cm³/mol. The van der Waals surface area contributed by atoms with Crippen molar-refractivity contribution in [2.24, 2.45) is 5.84 Å². The zero-order valence-corrected chi connectivity index (χ0v) is 15.3. The highest BCUT2D eigenvalue weighted by molar-refractivity contribution is 5.72. The molecule has 0 unspecified atom stereocenters. The molecule has 4 rings (SSSR count). The fourth-order valence-corrected chi connectivity index (χ4v) is 2.82. The molecule has 7 nitrogen and oxygen atoms in total. The van der Waals surface area contributed by atoms with Crippen LogP contribution in [-0.4, -0.2) is 15.0 Å². The summed E-state index contributed by atoms with van der Waals surface area (Å²) >= 11 is 0. The third-order valence-corrected chi connectivity index (χ3v) is 4.22. The molecule has 0 fully saturated rings. The molecule has 0 saturated carbocycles. The summed E-state index contributed by atoms with van der Waals surface area (Å²) in [5, 5.41) is 4.36. The molecule has 4 aromatic rings. The lowest BCUT2D eigenvalue weighted by molar-refractivity contribution is 0.627. The van der Waals surface area contributed by atoms with Crippen LogP contribution in [0.25, 0.3) is 11.1 Å². The molecule has 0 spiro atoms. The number of halogens is 1. The molecule has 0 radical (unpaired) electrons. The molecule has 0 amide bonds. The van der Waals surface area contributed by atoms with Gasteiger partial charge in [-0.25, -0.2) is 15.2 Å². The van der Waals surface area contributed by atoms with Crippen LogP contribution in [0.5, 0.6) is 0 Å². The van der Waals surface area contributed by atoms with Gasteiger partial charge in [-0.3, -0.25) is 9.99 Å². The number of nitrogen functional groups attached to an aromatic ring is 1. The summed E-state index contributed by atoms with van der Waals surface area (Å²) in [6, 6.07) is 17.5. The van der Waals surface area contributed by atoms with E-state index in [2.05, 4.69) is 20.3 Å². The number of aromatic nitrogens is 3. The van der Waals surface area contributed by atoms with E-state index in [0.29, 0.717) is 11.6 Å². The fourth-order valence-electron chi connectivity index (χ4n) is 2.82. The van der Waals surface area contributed by atoms with Crippen LogP contribution in [0, 0.1) is 5.82 Å². The van der Waals surface area contributed by atoms with E-state index in [1.165, 1.54) is 23.3 Å². The van der Waals surface area contributed by atoms with Gasteiger partial charge in [0.1, 0.15) is 5.82 Å². The monoisotopic (exact) mass is 387 g/mol. The number of hydrogen-bond donors (Lipinski definition) is 3. The molecule has 0 aliphatic heterocycles. The first-order chi connectivity index (χ1) is 14.1. The van der Waals surface area contributed by atoms with Gasteiger partial charge >= 0.3 is 0 Å². The second-order valence-corrected chi connectivity index (χ2v) is 6.27. The normalized spacial score (nSPS) is 10.6. The molecule has 8 heteroatoms. The number of hydrogen-bond acceptors (Lipinski definition) is 7. The highest BCUT2D eigenvalue weighted by Crippen LogP contribution is 2.28. The smallest absolute Gasteiger partial charge is 0.229 e. The maximum absolute atomic E-state index is 13.5. The lowest BCUT2D eigenvalue weighted by atomic mass is 10.1. The maximum Gasteiger partial charge on any atom is 0.229 e. The van der Waals surface area contributed by atoms with E-state index in [4.69, 9.17) is 11.6 Å². The third-order valence-electron chi connectivity index (χ3n) is 4.22. The molecule has 0 saturated heterocycles. The fraction of sp³-hybridized carbons (Fsp3) is 0. The van der Waals surface area contributed by atoms with Crippen molar-refractivity contribution in [2.45, 2.75) is 0 Å². The van der Waals surface area contributed by atoms with E-state index in [1.54, 1.807) is 24.5 Å². The molecule has 5 N–H and O–H groups in total. The van der Waals surface area contributed by atoms with E-state index in [1.807, 2.05) is 36.4 Å². The molecular formula is C21H18FN7. The lowest BCUT2D eigenvalue weighted by Crippen LogP contribution is -2.27.